The third kappa shape index (κ3) is 3.04. The second-order valence-corrected chi connectivity index (χ2v) is 4.31. The van der Waals surface area contributed by atoms with E-state index in [1.54, 1.807) is 18.2 Å². The van der Waals surface area contributed by atoms with Crippen molar-refractivity contribution in [1.82, 2.24) is 0 Å². The summed E-state index contributed by atoms with van der Waals surface area (Å²) >= 11 is 5.60. The molecule has 0 spiro atoms. The molecule has 0 amide bonds. The highest BCUT2D eigenvalue weighted by atomic mass is 35.5. The summed E-state index contributed by atoms with van der Waals surface area (Å²) in [5.74, 6) is -0.784. The van der Waals surface area contributed by atoms with Gasteiger partial charge in [-0.2, -0.15) is 0 Å². The number of ether oxygens (including phenoxy) is 1. The minimum atomic E-state index is -0.894. The first-order chi connectivity index (χ1) is 9.51. The summed E-state index contributed by atoms with van der Waals surface area (Å²) < 4.78 is 18.6. The molecule has 0 aromatic heterocycles. The molecule has 5 nitrogen and oxygen atoms in total. The van der Waals surface area contributed by atoms with Gasteiger partial charge in [0.25, 0.3) is 0 Å². The van der Waals surface area contributed by atoms with E-state index in [4.69, 9.17) is 21.4 Å². The van der Waals surface area contributed by atoms with Gasteiger partial charge in [-0.05, 0) is 17.7 Å². The lowest BCUT2D eigenvalue weighted by molar-refractivity contribution is -0.385. The van der Waals surface area contributed by atoms with E-state index < -0.39 is 16.4 Å². The molecule has 0 radical (unpaired) electrons. The van der Waals surface area contributed by atoms with Gasteiger partial charge in [-0.1, -0.05) is 23.7 Å². The van der Waals surface area contributed by atoms with E-state index in [9.17, 15) is 14.5 Å². The highest BCUT2D eigenvalue weighted by Gasteiger charge is 2.19. The normalized spacial score (nSPS) is 10.3. The van der Waals surface area contributed by atoms with E-state index in [1.807, 2.05) is 0 Å². The van der Waals surface area contributed by atoms with Crippen LogP contribution < -0.4 is 4.74 Å². The Kier molecular flexibility index (Phi) is 4.16. The predicted molar refractivity (Wildman–Crippen MR) is 70.5 cm³/mol. The van der Waals surface area contributed by atoms with E-state index in [-0.39, 0.29) is 23.1 Å². The maximum Gasteiger partial charge on any atom is 0.314 e. The van der Waals surface area contributed by atoms with Crippen LogP contribution in [0.5, 0.6) is 11.5 Å². The lowest BCUT2D eigenvalue weighted by Crippen LogP contribution is -1.95. The molecule has 7 heteroatoms. The number of rotatable bonds is 4. The highest BCUT2D eigenvalue weighted by Crippen LogP contribution is 2.35. The molecule has 2 rings (SSSR count). The Bertz CT molecular complexity index is 663. The fraction of sp³-hybridized carbons (Fsp3) is 0.0769. The zero-order chi connectivity index (χ0) is 14.7. The first-order valence-electron chi connectivity index (χ1n) is 5.52. The second kappa shape index (κ2) is 5.85. The van der Waals surface area contributed by atoms with E-state index in [2.05, 4.69) is 0 Å². The lowest BCUT2D eigenvalue weighted by Gasteiger charge is -2.08. The molecule has 0 unspecified atom stereocenters. The van der Waals surface area contributed by atoms with Crippen LogP contribution in [0.25, 0.3) is 0 Å². The average molecular weight is 298 g/mol. The maximum absolute atomic E-state index is 13.3. The smallest absolute Gasteiger partial charge is 0.314 e. The van der Waals surface area contributed by atoms with Gasteiger partial charge >= 0.3 is 5.69 Å². The van der Waals surface area contributed by atoms with Crippen LogP contribution in [-0.2, 0) is 6.61 Å². The average Bonchev–Trinajstić information content (AvgIpc) is 2.42. The lowest BCUT2D eigenvalue weighted by atomic mass is 10.2. The molecule has 0 saturated carbocycles. The van der Waals surface area contributed by atoms with Crippen LogP contribution in [0.15, 0.2) is 36.4 Å². The summed E-state index contributed by atoms with van der Waals surface area (Å²) in [6, 6.07) is 8.10. The second-order valence-electron chi connectivity index (χ2n) is 3.90. The Labute approximate surface area is 118 Å². The van der Waals surface area contributed by atoms with Gasteiger partial charge in [0.1, 0.15) is 11.6 Å². The standard InChI is InChI=1S/C13H9ClFNO4/c14-10-5-13(12(16(18)19)6-11(10)15)20-9-3-1-2-8(4-9)7-17/h1-6,17H,7H2. The third-order valence-corrected chi connectivity index (χ3v) is 2.80. The number of halogens is 2. The molecule has 0 bridgehead atoms. The van der Waals surface area contributed by atoms with Gasteiger partial charge in [0.15, 0.2) is 0 Å². The van der Waals surface area contributed by atoms with Crippen LogP contribution in [0.4, 0.5) is 10.1 Å². The first kappa shape index (κ1) is 14.2. The largest absolute Gasteiger partial charge is 0.450 e. The number of hydrogen-bond donors (Lipinski definition) is 1. The van der Waals surface area contributed by atoms with Crippen molar-refractivity contribution in [2.75, 3.05) is 0 Å². The fourth-order valence-corrected chi connectivity index (χ4v) is 1.73. The minimum Gasteiger partial charge on any atom is -0.450 e. The van der Waals surface area contributed by atoms with Gasteiger partial charge in [0.05, 0.1) is 22.6 Å². The molecule has 2 aromatic carbocycles. The topological polar surface area (TPSA) is 72.6 Å². The van der Waals surface area contributed by atoms with Crippen LogP contribution in [-0.4, -0.2) is 10.0 Å². The molecule has 0 aliphatic rings. The minimum absolute atomic E-state index is 0.170. The van der Waals surface area contributed by atoms with Crippen molar-refractivity contribution in [2.45, 2.75) is 6.61 Å². The van der Waals surface area contributed by atoms with Gasteiger partial charge in [-0.25, -0.2) is 4.39 Å². The van der Waals surface area contributed by atoms with Crippen LogP contribution in [0, 0.1) is 15.9 Å². The van der Waals surface area contributed by atoms with Gasteiger partial charge in [-0.15, -0.1) is 0 Å². The number of nitro benzene ring substituents is 1. The summed E-state index contributed by atoms with van der Waals surface area (Å²) in [6.45, 7) is -0.191. The molecule has 2 aromatic rings. The van der Waals surface area contributed by atoms with Crippen molar-refractivity contribution in [3.05, 3.63) is 62.9 Å². The Morgan fingerprint density at radius 2 is 2.10 bits per heavy atom. The number of benzene rings is 2. The Morgan fingerprint density at radius 3 is 2.75 bits per heavy atom. The van der Waals surface area contributed by atoms with Crippen LogP contribution >= 0.6 is 11.6 Å². The van der Waals surface area contributed by atoms with E-state index in [0.29, 0.717) is 11.6 Å². The van der Waals surface area contributed by atoms with Crippen molar-refractivity contribution in [1.29, 1.82) is 0 Å². The first-order valence-corrected chi connectivity index (χ1v) is 5.90. The van der Waals surface area contributed by atoms with E-state index in [1.165, 1.54) is 6.07 Å². The zero-order valence-corrected chi connectivity index (χ0v) is 10.8. The Morgan fingerprint density at radius 1 is 1.35 bits per heavy atom. The van der Waals surface area contributed by atoms with Crippen molar-refractivity contribution in [3.8, 4) is 11.5 Å². The molecule has 0 fully saturated rings. The zero-order valence-electron chi connectivity index (χ0n) is 10.0. The van der Waals surface area contributed by atoms with Gasteiger partial charge in [0, 0.05) is 6.07 Å². The van der Waals surface area contributed by atoms with Gasteiger partial charge in [0.2, 0.25) is 5.75 Å². The van der Waals surface area contributed by atoms with E-state index >= 15 is 0 Å². The van der Waals surface area contributed by atoms with Crippen molar-refractivity contribution < 1.29 is 19.2 Å². The Hall–Kier alpha value is -2.18. The number of nitrogens with zero attached hydrogens (tertiary/aromatic N) is 1. The van der Waals surface area contributed by atoms with Crippen molar-refractivity contribution >= 4 is 17.3 Å². The Balaban J connectivity index is 2.41. The molecule has 0 aliphatic carbocycles. The summed E-state index contributed by atoms with van der Waals surface area (Å²) in [7, 11) is 0. The number of hydrogen-bond acceptors (Lipinski definition) is 4. The van der Waals surface area contributed by atoms with Crippen molar-refractivity contribution in [2.24, 2.45) is 0 Å². The van der Waals surface area contributed by atoms with E-state index in [0.717, 1.165) is 6.07 Å². The number of aliphatic hydroxyl groups excluding tert-OH is 1. The number of nitro groups is 1. The van der Waals surface area contributed by atoms with Crippen LogP contribution in [0.2, 0.25) is 5.02 Å². The van der Waals surface area contributed by atoms with Crippen LogP contribution in [0.1, 0.15) is 5.56 Å². The molecule has 104 valence electrons. The monoisotopic (exact) mass is 297 g/mol. The molecule has 1 N–H and O–H groups in total. The molecular weight excluding hydrogens is 289 g/mol. The molecular formula is C13H9ClFNO4. The molecule has 0 heterocycles. The summed E-state index contributed by atoms with van der Waals surface area (Å²) in [6.07, 6.45) is 0. The third-order valence-electron chi connectivity index (χ3n) is 2.51. The highest BCUT2D eigenvalue weighted by molar-refractivity contribution is 6.31. The summed E-state index contributed by atoms with van der Waals surface area (Å²) in [4.78, 5) is 10.1. The molecule has 0 saturated heterocycles. The molecule has 20 heavy (non-hydrogen) atoms. The summed E-state index contributed by atoms with van der Waals surface area (Å²) in [5, 5.41) is 19.6. The SMILES string of the molecule is O=[N+]([O-])c1cc(F)c(Cl)cc1Oc1cccc(CO)c1. The molecule has 0 atom stereocenters. The number of aliphatic hydroxyl groups is 1. The van der Waals surface area contributed by atoms with Gasteiger partial charge < -0.3 is 9.84 Å². The summed E-state index contributed by atoms with van der Waals surface area (Å²) in [5.41, 5.74) is 0.0552. The van der Waals surface area contributed by atoms with Gasteiger partial charge in [-0.3, -0.25) is 10.1 Å². The predicted octanol–water partition coefficient (Wildman–Crippen LogP) is 3.67. The maximum atomic E-state index is 13.3. The van der Waals surface area contributed by atoms with Crippen molar-refractivity contribution in [3.63, 3.8) is 0 Å². The van der Waals surface area contributed by atoms with Crippen LogP contribution in [0.3, 0.4) is 0 Å². The molecule has 0 aliphatic heterocycles. The fourth-order valence-electron chi connectivity index (χ4n) is 1.58. The quantitative estimate of drug-likeness (QED) is 0.690.